The molecule has 0 aromatic carbocycles. The van der Waals surface area contributed by atoms with E-state index in [1.165, 1.54) is 6.42 Å². The third kappa shape index (κ3) is 2.51. The fourth-order valence-electron chi connectivity index (χ4n) is 1.50. The van der Waals surface area contributed by atoms with Gasteiger partial charge >= 0.3 is 0 Å². The highest BCUT2D eigenvalue weighted by Crippen LogP contribution is 2.14. The average molecular weight is 166 g/mol. The predicted octanol–water partition coefficient (Wildman–Crippen LogP) is 0.679. The Hall–Kier alpha value is -0.520. The highest BCUT2D eigenvalue weighted by atomic mass is 15.1. The number of nitrogens with zero attached hydrogens (tertiary/aromatic N) is 1. The maximum Gasteiger partial charge on any atom is 0.0602 e. The first-order valence-corrected chi connectivity index (χ1v) is 4.61. The van der Waals surface area contributed by atoms with Crippen molar-refractivity contribution in [1.82, 2.24) is 4.90 Å². The normalized spacial score (nSPS) is 30.9. The summed E-state index contributed by atoms with van der Waals surface area (Å²) in [5, 5.41) is 0. The van der Waals surface area contributed by atoms with Crippen LogP contribution in [0.3, 0.4) is 0 Å². The monoisotopic (exact) mass is 166 g/mol. The van der Waals surface area contributed by atoms with Crippen LogP contribution in [0.2, 0.25) is 0 Å². The summed E-state index contributed by atoms with van der Waals surface area (Å²) in [7, 11) is 0. The summed E-state index contributed by atoms with van der Waals surface area (Å²) in [6.45, 7) is 7.16. The van der Waals surface area contributed by atoms with Crippen LogP contribution in [0.25, 0.3) is 0 Å². The number of likely N-dealkylation sites (tertiary alicyclic amines) is 1. The molecule has 0 spiro atoms. The molecule has 0 saturated carbocycles. The van der Waals surface area contributed by atoms with Crippen LogP contribution in [0.5, 0.6) is 0 Å². The standard InChI is InChI=1S/C10H18N2/c1-3-4-6-12-7-5-9(2)10(11)8-12/h9-10H,5-8,11H2,1-2H3. The number of nitrogens with two attached hydrogens (primary N) is 1. The van der Waals surface area contributed by atoms with E-state index in [1.54, 1.807) is 0 Å². The van der Waals surface area contributed by atoms with Crippen molar-refractivity contribution in [1.29, 1.82) is 0 Å². The molecule has 2 atom stereocenters. The van der Waals surface area contributed by atoms with E-state index >= 15 is 0 Å². The Balaban J connectivity index is 2.33. The van der Waals surface area contributed by atoms with Crippen LogP contribution in [0.15, 0.2) is 0 Å². The second kappa shape index (κ2) is 4.49. The van der Waals surface area contributed by atoms with Crippen molar-refractivity contribution in [2.45, 2.75) is 26.3 Å². The van der Waals surface area contributed by atoms with Crippen molar-refractivity contribution < 1.29 is 0 Å². The molecule has 0 bridgehead atoms. The van der Waals surface area contributed by atoms with E-state index in [0.29, 0.717) is 12.0 Å². The molecule has 1 fully saturated rings. The van der Waals surface area contributed by atoms with Crippen LogP contribution < -0.4 is 5.73 Å². The minimum Gasteiger partial charge on any atom is -0.326 e. The molecule has 1 heterocycles. The Morgan fingerprint density at radius 2 is 2.33 bits per heavy atom. The van der Waals surface area contributed by atoms with Gasteiger partial charge in [-0.3, -0.25) is 4.90 Å². The molecular formula is C10H18N2. The molecule has 1 aliphatic heterocycles. The van der Waals surface area contributed by atoms with E-state index in [-0.39, 0.29) is 0 Å². The number of hydrogen-bond acceptors (Lipinski definition) is 2. The predicted molar refractivity (Wildman–Crippen MR) is 51.6 cm³/mol. The molecule has 2 nitrogen and oxygen atoms in total. The molecule has 1 aliphatic rings. The van der Waals surface area contributed by atoms with Gasteiger partial charge in [0.2, 0.25) is 0 Å². The third-order valence-electron chi connectivity index (χ3n) is 2.58. The quantitative estimate of drug-likeness (QED) is 0.580. The van der Waals surface area contributed by atoms with Crippen molar-refractivity contribution in [3.05, 3.63) is 0 Å². The van der Waals surface area contributed by atoms with Gasteiger partial charge in [-0.05, 0) is 25.8 Å². The Morgan fingerprint density at radius 3 is 2.92 bits per heavy atom. The van der Waals surface area contributed by atoms with Gasteiger partial charge in [-0.2, -0.15) is 0 Å². The van der Waals surface area contributed by atoms with Gasteiger partial charge < -0.3 is 5.73 Å². The molecule has 1 saturated heterocycles. The Kier molecular flexibility index (Phi) is 3.58. The van der Waals surface area contributed by atoms with E-state index in [2.05, 4.69) is 23.7 Å². The van der Waals surface area contributed by atoms with E-state index in [1.807, 2.05) is 6.92 Å². The van der Waals surface area contributed by atoms with Crippen LogP contribution in [-0.2, 0) is 0 Å². The lowest BCUT2D eigenvalue weighted by atomic mass is 9.94. The topological polar surface area (TPSA) is 29.3 Å². The summed E-state index contributed by atoms with van der Waals surface area (Å²) in [5.41, 5.74) is 5.95. The fraction of sp³-hybridized carbons (Fsp3) is 0.800. The van der Waals surface area contributed by atoms with Gasteiger partial charge in [-0.25, -0.2) is 0 Å². The summed E-state index contributed by atoms with van der Waals surface area (Å²) in [6.07, 6.45) is 1.21. The molecule has 0 radical (unpaired) electrons. The van der Waals surface area contributed by atoms with Gasteiger partial charge in [0, 0.05) is 12.6 Å². The number of rotatable bonds is 1. The van der Waals surface area contributed by atoms with Gasteiger partial charge in [0.1, 0.15) is 0 Å². The van der Waals surface area contributed by atoms with Crippen molar-refractivity contribution >= 4 is 0 Å². The molecule has 0 aliphatic carbocycles. The number of hydrogen-bond donors (Lipinski definition) is 1. The van der Waals surface area contributed by atoms with Crippen molar-refractivity contribution in [2.75, 3.05) is 19.6 Å². The minimum absolute atomic E-state index is 0.345. The number of piperidine rings is 1. The van der Waals surface area contributed by atoms with Crippen LogP contribution in [0.4, 0.5) is 0 Å². The molecule has 0 aromatic rings. The van der Waals surface area contributed by atoms with Gasteiger partial charge in [0.25, 0.3) is 0 Å². The Morgan fingerprint density at radius 1 is 1.58 bits per heavy atom. The maximum absolute atomic E-state index is 5.95. The fourth-order valence-corrected chi connectivity index (χ4v) is 1.50. The van der Waals surface area contributed by atoms with Gasteiger partial charge in [0.05, 0.1) is 6.54 Å². The molecule has 68 valence electrons. The van der Waals surface area contributed by atoms with Crippen LogP contribution in [-0.4, -0.2) is 30.6 Å². The smallest absolute Gasteiger partial charge is 0.0602 e. The molecular weight excluding hydrogens is 148 g/mol. The second-order valence-corrected chi connectivity index (χ2v) is 3.59. The molecule has 2 heteroatoms. The summed E-state index contributed by atoms with van der Waals surface area (Å²) < 4.78 is 0. The SMILES string of the molecule is CC#CCN1CCC(C)C(N)C1. The van der Waals surface area contributed by atoms with Crippen molar-refractivity contribution in [3.63, 3.8) is 0 Å². The zero-order valence-electron chi connectivity index (χ0n) is 8.01. The molecule has 12 heavy (non-hydrogen) atoms. The molecule has 0 amide bonds. The lowest BCUT2D eigenvalue weighted by Crippen LogP contribution is -2.47. The third-order valence-corrected chi connectivity index (χ3v) is 2.58. The first-order chi connectivity index (χ1) is 5.74. The first-order valence-electron chi connectivity index (χ1n) is 4.61. The summed E-state index contributed by atoms with van der Waals surface area (Å²) in [4.78, 5) is 2.33. The zero-order valence-corrected chi connectivity index (χ0v) is 8.01. The second-order valence-electron chi connectivity index (χ2n) is 3.59. The lowest BCUT2D eigenvalue weighted by molar-refractivity contribution is 0.186. The zero-order chi connectivity index (χ0) is 8.97. The highest BCUT2D eigenvalue weighted by molar-refractivity contribution is 4.99. The summed E-state index contributed by atoms with van der Waals surface area (Å²) in [6, 6.07) is 0.345. The van der Waals surface area contributed by atoms with E-state index in [0.717, 1.165) is 19.6 Å². The Labute approximate surface area is 75.1 Å². The molecule has 2 unspecified atom stereocenters. The lowest BCUT2D eigenvalue weighted by Gasteiger charge is -2.33. The van der Waals surface area contributed by atoms with Crippen molar-refractivity contribution in [3.8, 4) is 11.8 Å². The van der Waals surface area contributed by atoms with Gasteiger partial charge in [-0.1, -0.05) is 12.8 Å². The molecule has 2 N–H and O–H groups in total. The molecule has 0 aromatic heterocycles. The van der Waals surface area contributed by atoms with E-state index in [4.69, 9.17) is 5.73 Å². The minimum atomic E-state index is 0.345. The van der Waals surface area contributed by atoms with Crippen molar-refractivity contribution in [2.24, 2.45) is 11.7 Å². The molecule has 1 rings (SSSR count). The van der Waals surface area contributed by atoms with E-state index in [9.17, 15) is 0 Å². The van der Waals surface area contributed by atoms with Crippen LogP contribution in [0, 0.1) is 17.8 Å². The van der Waals surface area contributed by atoms with Gasteiger partial charge in [0.15, 0.2) is 0 Å². The summed E-state index contributed by atoms with van der Waals surface area (Å²) in [5.74, 6) is 6.66. The van der Waals surface area contributed by atoms with Gasteiger partial charge in [-0.15, -0.1) is 5.92 Å². The highest BCUT2D eigenvalue weighted by Gasteiger charge is 2.21. The maximum atomic E-state index is 5.95. The van der Waals surface area contributed by atoms with E-state index < -0.39 is 0 Å². The largest absolute Gasteiger partial charge is 0.326 e. The van der Waals surface area contributed by atoms with Crippen LogP contribution in [0.1, 0.15) is 20.3 Å². The Bertz CT molecular complexity index is 190. The first kappa shape index (κ1) is 9.57. The average Bonchev–Trinajstić information content (AvgIpc) is 2.07. The van der Waals surface area contributed by atoms with Crippen LogP contribution >= 0.6 is 0 Å². The summed E-state index contributed by atoms with van der Waals surface area (Å²) >= 11 is 0.